The Bertz CT molecular complexity index is 502. The van der Waals surface area contributed by atoms with Gasteiger partial charge in [-0.25, -0.2) is 4.98 Å². The Morgan fingerprint density at radius 2 is 2.00 bits per heavy atom. The molecule has 0 amide bonds. The summed E-state index contributed by atoms with van der Waals surface area (Å²) in [6, 6.07) is 7.73. The van der Waals surface area contributed by atoms with E-state index in [0.29, 0.717) is 4.88 Å². The molecule has 0 bridgehead atoms. The Morgan fingerprint density at radius 3 is 2.53 bits per heavy atom. The van der Waals surface area contributed by atoms with E-state index >= 15 is 0 Å². The van der Waals surface area contributed by atoms with Crippen molar-refractivity contribution in [1.29, 1.82) is 0 Å². The van der Waals surface area contributed by atoms with E-state index in [1.807, 2.05) is 38.1 Å². The van der Waals surface area contributed by atoms with Gasteiger partial charge in [0.2, 0.25) is 0 Å². The van der Waals surface area contributed by atoms with Gasteiger partial charge in [0.25, 0.3) is 0 Å². The molecular formula is C13H13NO2S. The number of carbonyl (C=O) groups is 1. The van der Waals surface area contributed by atoms with Crippen molar-refractivity contribution in [3.8, 4) is 16.3 Å². The molecule has 2 aromatic rings. The summed E-state index contributed by atoms with van der Waals surface area (Å²) in [6.07, 6.45) is 2.57. The topological polar surface area (TPSA) is 39.2 Å². The van der Waals surface area contributed by atoms with Gasteiger partial charge in [-0.3, -0.25) is 4.79 Å². The van der Waals surface area contributed by atoms with E-state index in [4.69, 9.17) is 4.74 Å². The predicted octanol–water partition coefficient (Wildman–Crippen LogP) is 3.41. The quantitative estimate of drug-likeness (QED) is 0.777. The highest BCUT2D eigenvalue weighted by Gasteiger charge is 2.04. The average molecular weight is 247 g/mol. The van der Waals surface area contributed by atoms with Crippen molar-refractivity contribution in [2.24, 2.45) is 0 Å². The number of hydrogen-bond acceptors (Lipinski definition) is 4. The number of ether oxygens (including phenoxy) is 1. The standard InChI is InChI=1S/C13H13NO2S/c1-9(2)16-11-5-3-10(4-6-11)13-14-7-12(8-15)17-13/h3-9H,1-2H3. The third-order valence-electron chi connectivity index (χ3n) is 2.11. The number of rotatable bonds is 4. The molecule has 88 valence electrons. The lowest BCUT2D eigenvalue weighted by Crippen LogP contribution is -2.05. The Morgan fingerprint density at radius 1 is 1.29 bits per heavy atom. The number of hydrogen-bond donors (Lipinski definition) is 0. The molecule has 0 spiro atoms. The molecule has 1 aromatic heterocycles. The summed E-state index contributed by atoms with van der Waals surface area (Å²) in [5.74, 6) is 0.843. The van der Waals surface area contributed by atoms with Crippen LogP contribution in [-0.2, 0) is 0 Å². The van der Waals surface area contributed by atoms with E-state index in [2.05, 4.69) is 4.98 Å². The zero-order chi connectivity index (χ0) is 12.3. The molecule has 0 saturated carbocycles. The molecular weight excluding hydrogens is 234 g/mol. The van der Waals surface area contributed by atoms with E-state index < -0.39 is 0 Å². The van der Waals surface area contributed by atoms with Crippen LogP contribution in [-0.4, -0.2) is 17.4 Å². The molecule has 0 aliphatic rings. The van der Waals surface area contributed by atoms with E-state index in [0.717, 1.165) is 22.6 Å². The molecule has 0 N–H and O–H groups in total. The first-order chi connectivity index (χ1) is 8.19. The van der Waals surface area contributed by atoms with Crippen LogP contribution >= 0.6 is 11.3 Å². The maximum Gasteiger partial charge on any atom is 0.161 e. The molecule has 0 atom stereocenters. The Kier molecular flexibility index (Phi) is 3.54. The normalized spacial score (nSPS) is 10.5. The number of aromatic nitrogens is 1. The van der Waals surface area contributed by atoms with E-state index in [1.165, 1.54) is 11.3 Å². The van der Waals surface area contributed by atoms with Gasteiger partial charge in [-0.15, -0.1) is 11.3 Å². The van der Waals surface area contributed by atoms with Crippen LogP contribution in [0.25, 0.3) is 10.6 Å². The maximum atomic E-state index is 10.6. The second kappa shape index (κ2) is 5.10. The zero-order valence-electron chi connectivity index (χ0n) is 9.71. The van der Waals surface area contributed by atoms with Gasteiger partial charge in [-0.1, -0.05) is 0 Å². The average Bonchev–Trinajstić information content (AvgIpc) is 2.78. The minimum absolute atomic E-state index is 0.169. The SMILES string of the molecule is CC(C)Oc1ccc(-c2ncc(C=O)s2)cc1. The van der Waals surface area contributed by atoms with Gasteiger partial charge in [-0.05, 0) is 38.1 Å². The fourth-order valence-electron chi connectivity index (χ4n) is 1.42. The molecule has 0 unspecified atom stereocenters. The van der Waals surface area contributed by atoms with Gasteiger partial charge < -0.3 is 4.74 Å². The van der Waals surface area contributed by atoms with Crippen LogP contribution < -0.4 is 4.74 Å². The highest BCUT2D eigenvalue weighted by molar-refractivity contribution is 7.16. The number of nitrogens with zero attached hydrogens (tertiary/aromatic N) is 1. The number of benzene rings is 1. The van der Waals surface area contributed by atoms with E-state index in [-0.39, 0.29) is 6.10 Å². The molecule has 3 nitrogen and oxygen atoms in total. The van der Waals surface area contributed by atoms with Crippen molar-refractivity contribution in [3.05, 3.63) is 35.3 Å². The van der Waals surface area contributed by atoms with Crippen LogP contribution in [0.2, 0.25) is 0 Å². The van der Waals surface area contributed by atoms with Gasteiger partial charge in [0.1, 0.15) is 10.8 Å². The van der Waals surface area contributed by atoms with Crippen LogP contribution in [0.4, 0.5) is 0 Å². The maximum absolute atomic E-state index is 10.6. The molecule has 4 heteroatoms. The van der Waals surface area contributed by atoms with Crippen molar-refractivity contribution in [1.82, 2.24) is 4.98 Å². The molecule has 0 saturated heterocycles. The Balaban J connectivity index is 2.19. The minimum atomic E-state index is 0.169. The molecule has 0 fully saturated rings. The smallest absolute Gasteiger partial charge is 0.161 e. The van der Waals surface area contributed by atoms with Crippen LogP contribution in [0, 0.1) is 0 Å². The van der Waals surface area contributed by atoms with E-state index in [9.17, 15) is 4.79 Å². The molecule has 1 aromatic carbocycles. The second-order valence-electron chi connectivity index (χ2n) is 3.88. The molecule has 2 rings (SSSR count). The van der Waals surface area contributed by atoms with E-state index in [1.54, 1.807) is 6.20 Å². The lowest BCUT2D eigenvalue weighted by atomic mass is 10.2. The van der Waals surface area contributed by atoms with Crippen LogP contribution in [0.1, 0.15) is 23.5 Å². The molecule has 17 heavy (non-hydrogen) atoms. The fraction of sp³-hybridized carbons (Fsp3) is 0.231. The number of aldehydes is 1. The summed E-state index contributed by atoms with van der Waals surface area (Å²) in [5, 5.41) is 0.850. The Labute approximate surface area is 104 Å². The molecule has 1 heterocycles. The molecule has 0 aliphatic carbocycles. The fourth-order valence-corrected chi connectivity index (χ4v) is 2.16. The van der Waals surface area contributed by atoms with Gasteiger partial charge >= 0.3 is 0 Å². The van der Waals surface area contributed by atoms with Crippen molar-refractivity contribution >= 4 is 17.6 Å². The first-order valence-corrected chi connectivity index (χ1v) is 6.19. The Hall–Kier alpha value is -1.68. The summed E-state index contributed by atoms with van der Waals surface area (Å²) in [6.45, 7) is 3.98. The lowest BCUT2D eigenvalue weighted by molar-refractivity contribution is 0.112. The predicted molar refractivity (Wildman–Crippen MR) is 68.7 cm³/mol. The van der Waals surface area contributed by atoms with Gasteiger partial charge in [0.05, 0.1) is 11.0 Å². The number of carbonyl (C=O) groups excluding carboxylic acids is 1. The van der Waals surface area contributed by atoms with Gasteiger partial charge in [-0.2, -0.15) is 0 Å². The van der Waals surface area contributed by atoms with Crippen molar-refractivity contribution in [3.63, 3.8) is 0 Å². The summed E-state index contributed by atoms with van der Waals surface area (Å²) < 4.78 is 5.56. The largest absolute Gasteiger partial charge is 0.491 e. The van der Waals surface area contributed by atoms with Crippen molar-refractivity contribution in [2.75, 3.05) is 0 Å². The van der Waals surface area contributed by atoms with Crippen molar-refractivity contribution < 1.29 is 9.53 Å². The summed E-state index contributed by atoms with van der Waals surface area (Å²) >= 11 is 1.39. The second-order valence-corrected chi connectivity index (χ2v) is 4.94. The number of thiazole rings is 1. The van der Waals surface area contributed by atoms with Crippen LogP contribution in [0.15, 0.2) is 30.5 Å². The van der Waals surface area contributed by atoms with Crippen LogP contribution in [0.5, 0.6) is 5.75 Å². The lowest BCUT2D eigenvalue weighted by Gasteiger charge is -2.09. The van der Waals surface area contributed by atoms with Crippen LogP contribution in [0.3, 0.4) is 0 Å². The van der Waals surface area contributed by atoms with Gasteiger partial charge in [0.15, 0.2) is 6.29 Å². The monoisotopic (exact) mass is 247 g/mol. The third-order valence-corrected chi connectivity index (χ3v) is 3.08. The summed E-state index contributed by atoms with van der Waals surface area (Å²) in [4.78, 5) is 15.4. The third kappa shape index (κ3) is 2.91. The van der Waals surface area contributed by atoms with Crippen molar-refractivity contribution in [2.45, 2.75) is 20.0 Å². The first-order valence-electron chi connectivity index (χ1n) is 5.37. The highest BCUT2D eigenvalue weighted by atomic mass is 32.1. The molecule has 0 radical (unpaired) electrons. The zero-order valence-corrected chi connectivity index (χ0v) is 10.5. The first kappa shape index (κ1) is 11.8. The minimum Gasteiger partial charge on any atom is -0.491 e. The summed E-state index contributed by atoms with van der Waals surface area (Å²) in [7, 11) is 0. The molecule has 0 aliphatic heterocycles. The highest BCUT2D eigenvalue weighted by Crippen LogP contribution is 2.26. The van der Waals surface area contributed by atoms with Gasteiger partial charge in [0, 0.05) is 11.8 Å². The summed E-state index contributed by atoms with van der Waals surface area (Å²) in [5.41, 5.74) is 0.999.